The zero-order valence-corrected chi connectivity index (χ0v) is 25.6. The molecule has 0 saturated carbocycles. The number of aliphatic hydroxyl groups excluding tert-OH is 1. The predicted octanol–water partition coefficient (Wildman–Crippen LogP) is 4.00. The number of rotatable bonds is 13. The summed E-state index contributed by atoms with van der Waals surface area (Å²) in [4.78, 5) is 39.8. The number of carboxylic acids is 1. The number of ether oxygens (including phenoxy) is 2. The summed E-state index contributed by atoms with van der Waals surface area (Å²) in [5.41, 5.74) is 3.08. The molecule has 0 spiro atoms. The number of piperidine rings is 1. The van der Waals surface area contributed by atoms with E-state index in [1.54, 1.807) is 20.8 Å². The van der Waals surface area contributed by atoms with Gasteiger partial charge in [0.05, 0.1) is 12.1 Å². The van der Waals surface area contributed by atoms with E-state index in [0.29, 0.717) is 25.4 Å². The first-order chi connectivity index (χ1) is 19.1. The first-order valence-electron chi connectivity index (χ1n) is 14.5. The molecule has 232 valence electrons. The monoisotopic (exact) mass is 578 g/mol. The topological polar surface area (TPSA) is 141 Å². The van der Waals surface area contributed by atoms with Crippen LogP contribution in [0.2, 0.25) is 0 Å². The molecule has 11 heteroatoms. The standard InChI is InChI=1S/C30H50N4O7/c1-20(2)15-23(31-28(38)40-19-22-11-9-8-10-12-22)17-33-14-13-24(26(35)18-33)32-34(29(39)41-30(5,6)7)25(27(36)37)16-21(3)4/h8-12,20-21,23-26,32,35H,13-19H2,1-7H3,(H,31,38)(H,36,37)/t23-,24?,25-,26?/m0/s1. The molecule has 0 bridgehead atoms. The van der Waals surface area contributed by atoms with Crippen LogP contribution in [-0.4, -0.2) is 87.7 Å². The highest BCUT2D eigenvalue weighted by atomic mass is 16.6. The molecule has 2 rings (SSSR count). The Labute approximate surface area is 244 Å². The lowest BCUT2D eigenvalue weighted by Crippen LogP contribution is -2.63. The second-order valence-electron chi connectivity index (χ2n) is 12.7. The second kappa shape index (κ2) is 15.9. The molecule has 1 heterocycles. The Morgan fingerprint density at radius 1 is 1.07 bits per heavy atom. The molecule has 1 aromatic carbocycles. The fraction of sp³-hybridized carbons (Fsp3) is 0.700. The number of nitrogens with one attached hydrogen (secondary N) is 2. The fourth-order valence-electron chi connectivity index (χ4n) is 4.83. The van der Waals surface area contributed by atoms with E-state index in [9.17, 15) is 24.6 Å². The van der Waals surface area contributed by atoms with Gasteiger partial charge < -0.3 is 25.0 Å². The molecule has 2 unspecified atom stereocenters. The van der Waals surface area contributed by atoms with Crippen LogP contribution in [-0.2, 0) is 20.9 Å². The Kier molecular flexibility index (Phi) is 13.3. The molecule has 4 atom stereocenters. The lowest BCUT2D eigenvalue weighted by Gasteiger charge is -2.41. The summed E-state index contributed by atoms with van der Waals surface area (Å²) in [5.74, 6) is -0.806. The Bertz CT molecular complexity index is 967. The van der Waals surface area contributed by atoms with Gasteiger partial charge in [0.1, 0.15) is 18.2 Å². The highest BCUT2D eigenvalue weighted by Crippen LogP contribution is 2.20. The molecule has 1 aliphatic heterocycles. The summed E-state index contributed by atoms with van der Waals surface area (Å²) in [6.07, 6.45) is -0.756. The molecule has 1 aliphatic rings. The molecule has 0 radical (unpaired) electrons. The van der Waals surface area contributed by atoms with Crippen molar-refractivity contribution in [2.75, 3.05) is 19.6 Å². The van der Waals surface area contributed by atoms with Gasteiger partial charge in [-0.3, -0.25) is 4.90 Å². The minimum absolute atomic E-state index is 0.0133. The number of likely N-dealkylation sites (tertiary alicyclic amines) is 1. The lowest BCUT2D eigenvalue weighted by atomic mass is 9.99. The third-order valence-corrected chi connectivity index (χ3v) is 6.62. The van der Waals surface area contributed by atoms with E-state index < -0.39 is 41.9 Å². The van der Waals surface area contributed by atoms with Crippen molar-refractivity contribution >= 4 is 18.2 Å². The maximum atomic E-state index is 13.1. The Hall–Kier alpha value is -2.89. The van der Waals surface area contributed by atoms with Crippen LogP contribution in [0.15, 0.2) is 30.3 Å². The van der Waals surface area contributed by atoms with Gasteiger partial charge in [0.15, 0.2) is 0 Å². The van der Waals surface area contributed by atoms with Crippen LogP contribution < -0.4 is 10.7 Å². The fourth-order valence-corrected chi connectivity index (χ4v) is 4.83. The number of alkyl carbamates (subject to hydrolysis) is 1. The maximum absolute atomic E-state index is 13.1. The Morgan fingerprint density at radius 3 is 2.24 bits per heavy atom. The van der Waals surface area contributed by atoms with Crippen LogP contribution in [0.4, 0.5) is 9.59 Å². The van der Waals surface area contributed by atoms with Crippen LogP contribution >= 0.6 is 0 Å². The highest BCUT2D eigenvalue weighted by Gasteiger charge is 2.38. The average Bonchev–Trinajstić information content (AvgIpc) is 2.84. The molecular formula is C30H50N4O7. The van der Waals surface area contributed by atoms with Crippen LogP contribution in [0.25, 0.3) is 0 Å². The van der Waals surface area contributed by atoms with E-state index >= 15 is 0 Å². The molecule has 4 N–H and O–H groups in total. The van der Waals surface area contributed by atoms with Gasteiger partial charge in [0, 0.05) is 19.1 Å². The molecular weight excluding hydrogens is 528 g/mol. The van der Waals surface area contributed by atoms with Gasteiger partial charge >= 0.3 is 18.2 Å². The van der Waals surface area contributed by atoms with Gasteiger partial charge in [0.2, 0.25) is 0 Å². The van der Waals surface area contributed by atoms with E-state index in [-0.39, 0.29) is 31.5 Å². The minimum Gasteiger partial charge on any atom is -0.480 e. The highest BCUT2D eigenvalue weighted by molar-refractivity contribution is 5.79. The number of nitrogens with zero attached hydrogens (tertiary/aromatic N) is 2. The molecule has 0 aromatic heterocycles. The number of benzene rings is 1. The third-order valence-electron chi connectivity index (χ3n) is 6.62. The van der Waals surface area contributed by atoms with Crippen LogP contribution in [0.1, 0.15) is 73.3 Å². The van der Waals surface area contributed by atoms with E-state index in [1.165, 1.54) is 0 Å². The molecule has 2 amide bonds. The number of amides is 2. The van der Waals surface area contributed by atoms with E-state index in [2.05, 4.69) is 29.5 Å². The lowest BCUT2D eigenvalue weighted by molar-refractivity contribution is -0.146. The summed E-state index contributed by atoms with van der Waals surface area (Å²) in [5, 5.41) is 25.0. The number of hydrogen-bond acceptors (Lipinski definition) is 8. The van der Waals surface area contributed by atoms with Gasteiger partial charge in [-0.15, -0.1) is 0 Å². The van der Waals surface area contributed by atoms with E-state index in [4.69, 9.17) is 9.47 Å². The summed E-state index contributed by atoms with van der Waals surface area (Å²) in [6, 6.07) is 7.57. The SMILES string of the molecule is CC(C)C[C@@H](CN1CCC(NN(C(=O)OC(C)(C)C)[C@@H](CC(C)C)C(=O)O)C(O)C1)NC(=O)OCc1ccccc1. The first-order valence-corrected chi connectivity index (χ1v) is 14.5. The van der Waals surface area contributed by atoms with Crippen molar-refractivity contribution in [3.63, 3.8) is 0 Å². The normalized spacial score (nSPS) is 19.5. The second-order valence-corrected chi connectivity index (χ2v) is 12.7. The largest absolute Gasteiger partial charge is 0.480 e. The number of hydrazine groups is 1. The minimum atomic E-state index is -1.16. The molecule has 41 heavy (non-hydrogen) atoms. The van der Waals surface area contributed by atoms with Gasteiger partial charge in [-0.05, 0) is 64.0 Å². The van der Waals surface area contributed by atoms with Crippen molar-refractivity contribution in [1.82, 2.24) is 20.7 Å². The van der Waals surface area contributed by atoms with E-state index in [1.807, 2.05) is 44.2 Å². The van der Waals surface area contributed by atoms with Crippen molar-refractivity contribution in [3.8, 4) is 0 Å². The number of carbonyl (C=O) groups is 3. The Morgan fingerprint density at radius 2 is 1.71 bits per heavy atom. The molecule has 1 aromatic rings. The first kappa shape index (κ1) is 34.3. The van der Waals surface area contributed by atoms with Gasteiger partial charge in [-0.1, -0.05) is 58.0 Å². The van der Waals surface area contributed by atoms with Gasteiger partial charge in [-0.25, -0.2) is 24.8 Å². The van der Waals surface area contributed by atoms with Crippen molar-refractivity contribution in [1.29, 1.82) is 0 Å². The zero-order chi connectivity index (χ0) is 30.7. The van der Waals surface area contributed by atoms with Crippen LogP contribution in [0.5, 0.6) is 0 Å². The number of aliphatic carboxylic acids is 1. The molecule has 0 aliphatic carbocycles. The summed E-state index contributed by atoms with van der Waals surface area (Å²) in [7, 11) is 0. The molecule has 11 nitrogen and oxygen atoms in total. The van der Waals surface area contributed by atoms with Crippen molar-refractivity contribution in [2.24, 2.45) is 11.8 Å². The average molecular weight is 579 g/mol. The van der Waals surface area contributed by atoms with Gasteiger partial charge in [-0.2, -0.15) is 0 Å². The summed E-state index contributed by atoms with van der Waals surface area (Å²) >= 11 is 0. The number of hydrogen-bond donors (Lipinski definition) is 4. The Balaban J connectivity index is 2.03. The smallest absolute Gasteiger partial charge is 0.425 e. The number of aliphatic hydroxyl groups is 1. The van der Waals surface area contributed by atoms with Crippen LogP contribution in [0.3, 0.4) is 0 Å². The third kappa shape index (κ3) is 12.7. The van der Waals surface area contributed by atoms with E-state index in [0.717, 1.165) is 17.0 Å². The summed E-state index contributed by atoms with van der Waals surface area (Å²) in [6.45, 7) is 14.6. The number of carbonyl (C=O) groups excluding carboxylic acids is 2. The van der Waals surface area contributed by atoms with Crippen LogP contribution in [0, 0.1) is 11.8 Å². The maximum Gasteiger partial charge on any atom is 0.425 e. The molecule has 1 fully saturated rings. The predicted molar refractivity (Wildman–Crippen MR) is 156 cm³/mol. The van der Waals surface area contributed by atoms with Gasteiger partial charge in [0.25, 0.3) is 0 Å². The number of carboxylic acid groups (broad SMARTS) is 1. The van der Waals surface area contributed by atoms with Crippen molar-refractivity contribution in [3.05, 3.63) is 35.9 Å². The van der Waals surface area contributed by atoms with Crippen molar-refractivity contribution < 1.29 is 34.1 Å². The zero-order valence-electron chi connectivity index (χ0n) is 25.6. The quantitative estimate of drug-likeness (QED) is 0.256. The summed E-state index contributed by atoms with van der Waals surface area (Å²) < 4.78 is 10.9. The molecule has 1 saturated heterocycles. The number of β-amino-alcohol motifs (C(OH)–C–C–N with tert-alkyl or cyclic N) is 1. The van der Waals surface area contributed by atoms with Crippen molar-refractivity contribution in [2.45, 2.75) is 104 Å².